The minimum atomic E-state index is -1.20. The van der Waals surface area contributed by atoms with E-state index in [1.54, 1.807) is 10.9 Å². The molecule has 0 unspecified atom stereocenters. The molecule has 6 nitrogen and oxygen atoms in total. The number of hydrogen-bond acceptors (Lipinski definition) is 5. The summed E-state index contributed by atoms with van der Waals surface area (Å²) >= 11 is 6.15. The summed E-state index contributed by atoms with van der Waals surface area (Å²) in [4.78, 5) is 12.2. The Bertz CT molecular complexity index is 1180. The maximum absolute atomic E-state index is 15.7. The van der Waals surface area contributed by atoms with Crippen molar-refractivity contribution >= 4 is 42.2 Å². The van der Waals surface area contributed by atoms with Crippen molar-refractivity contribution in [2.24, 2.45) is 0 Å². The summed E-state index contributed by atoms with van der Waals surface area (Å²) in [5, 5.41) is 0.265. The molecule has 2 aromatic heterocycles. The van der Waals surface area contributed by atoms with Gasteiger partial charge in [0.1, 0.15) is 0 Å². The molecule has 1 aliphatic heterocycles. The molecule has 164 valence electrons. The average Bonchev–Trinajstić information content (AvgIpc) is 3.38. The molecule has 0 radical (unpaired) electrons. The van der Waals surface area contributed by atoms with E-state index in [0.29, 0.717) is 17.8 Å². The molecule has 9 heteroatoms. The molecule has 1 fully saturated rings. The molecule has 3 heterocycles. The Morgan fingerprint density at radius 1 is 1.03 bits per heavy atom. The van der Waals surface area contributed by atoms with Gasteiger partial charge in [-0.2, -0.15) is 0 Å². The number of imidazole rings is 1. The predicted octanol–water partition coefficient (Wildman–Crippen LogP) is 3.75. The van der Waals surface area contributed by atoms with E-state index in [1.807, 2.05) is 60.7 Å². The third-order valence-electron chi connectivity index (χ3n) is 5.27. The van der Waals surface area contributed by atoms with Crippen molar-refractivity contribution in [2.45, 2.75) is 29.9 Å². The van der Waals surface area contributed by atoms with Gasteiger partial charge < -0.3 is 0 Å². The molecule has 0 aliphatic carbocycles. The number of rotatable bonds is 7. The average molecular weight is 518 g/mol. The van der Waals surface area contributed by atoms with Gasteiger partial charge in [-0.1, -0.05) is 0 Å². The van der Waals surface area contributed by atoms with Gasteiger partial charge in [0.15, 0.2) is 0 Å². The van der Waals surface area contributed by atoms with Crippen molar-refractivity contribution in [3.63, 3.8) is 0 Å². The Morgan fingerprint density at radius 3 is 2.56 bits per heavy atom. The van der Waals surface area contributed by atoms with Crippen molar-refractivity contribution in [3.8, 4) is 0 Å². The topological polar surface area (TPSA) is 62.1 Å². The number of hydrogen-bond donors (Lipinski definition) is 0. The molecule has 0 bridgehead atoms. The van der Waals surface area contributed by atoms with Crippen LogP contribution in [0, 0.1) is 0 Å². The molecule has 0 spiro atoms. The van der Waals surface area contributed by atoms with Crippen LogP contribution in [0.25, 0.3) is 11.2 Å². The second kappa shape index (κ2) is 9.65. The van der Waals surface area contributed by atoms with Gasteiger partial charge in [-0.25, -0.2) is 0 Å². The second-order valence-electron chi connectivity index (χ2n) is 7.39. The molecule has 4 aromatic rings. The monoisotopic (exact) mass is 518 g/mol. The van der Waals surface area contributed by atoms with Gasteiger partial charge in [-0.15, -0.1) is 0 Å². The molecule has 0 N–H and O–H groups in total. The van der Waals surface area contributed by atoms with Crippen molar-refractivity contribution in [2.75, 3.05) is 6.61 Å². The van der Waals surface area contributed by atoms with Gasteiger partial charge in [0, 0.05) is 0 Å². The third kappa shape index (κ3) is 4.42. The van der Waals surface area contributed by atoms with Crippen LogP contribution in [0.4, 0.5) is 4.39 Å². The zero-order valence-electron chi connectivity index (χ0n) is 16.9. The number of halogens is 2. The molecule has 0 amide bonds. The van der Waals surface area contributed by atoms with E-state index in [0.717, 1.165) is 10.0 Å². The van der Waals surface area contributed by atoms with E-state index >= 15 is 4.39 Å². The van der Waals surface area contributed by atoms with Gasteiger partial charge in [0.05, 0.1) is 0 Å². The number of alkyl halides is 1. The minimum absolute atomic E-state index is 0.158. The molecule has 1 saturated heterocycles. The molecule has 0 saturated carbocycles. The fourth-order valence-electron chi connectivity index (χ4n) is 3.73. The van der Waals surface area contributed by atoms with E-state index in [-0.39, 0.29) is 31.5 Å². The summed E-state index contributed by atoms with van der Waals surface area (Å²) in [6.45, 7) is 0.561. The Balaban J connectivity index is 1.40. The summed E-state index contributed by atoms with van der Waals surface area (Å²) in [5.41, 5.74) is 2.04. The van der Waals surface area contributed by atoms with Crippen LogP contribution < -0.4 is 4.46 Å². The number of benzene rings is 2. The number of fused-ring (bicyclic) bond motifs is 1. The number of aromatic nitrogens is 4. The summed E-state index contributed by atoms with van der Waals surface area (Å²) in [7, 11) is 0. The van der Waals surface area contributed by atoms with Gasteiger partial charge in [-0.05, 0) is 0 Å². The molecule has 5 rings (SSSR count). The van der Waals surface area contributed by atoms with Crippen molar-refractivity contribution in [3.05, 3.63) is 84.0 Å². The van der Waals surface area contributed by atoms with Gasteiger partial charge in [-0.3, -0.25) is 0 Å². The van der Waals surface area contributed by atoms with Crippen LogP contribution in [-0.4, -0.2) is 53.4 Å². The summed E-state index contributed by atoms with van der Waals surface area (Å²) in [5.74, 6) is 0. The van der Waals surface area contributed by atoms with Crippen LogP contribution in [0.5, 0.6) is 0 Å². The zero-order chi connectivity index (χ0) is 21.9. The fraction of sp³-hybridized carbons (Fsp3) is 0.261. The molecular weight excluding hydrogens is 498 g/mol. The molecule has 2 aromatic carbocycles. The van der Waals surface area contributed by atoms with Crippen LogP contribution in [-0.2, 0) is 16.1 Å². The Labute approximate surface area is 195 Å². The van der Waals surface area contributed by atoms with E-state index < -0.39 is 18.5 Å². The first kappa shape index (κ1) is 21.5. The maximum atomic E-state index is 15.7. The van der Waals surface area contributed by atoms with E-state index in [9.17, 15) is 0 Å². The Morgan fingerprint density at radius 2 is 1.78 bits per heavy atom. The fourth-order valence-corrected chi connectivity index (χ4v) is 6.57. The predicted molar refractivity (Wildman–Crippen MR) is 121 cm³/mol. The van der Waals surface area contributed by atoms with Crippen molar-refractivity contribution in [1.82, 2.24) is 19.5 Å². The van der Waals surface area contributed by atoms with Gasteiger partial charge in [0.2, 0.25) is 0 Å². The zero-order valence-corrected chi connectivity index (χ0v) is 19.4. The standard InChI is InChI=1S/C23H20ClFN4O2Se/c24-21-19-22(27-13-26-21)28-14-29(19)23-20(32-16-9-5-2-6-10-16)18(25)17(31-23)12-30-11-15-7-3-1-4-8-15/h1-10,13-14,17-18,20,23H,11-12H2/t17-,18-,20-,23-/m1/s1. The SMILES string of the molecule is F[C@H]1[C@@H]([Se]c2ccccc2)[C@H](n2cnc3ncnc(Cl)c32)O[C@@H]1COCc1ccccc1. The Hall–Kier alpha value is -2.35. The third-order valence-corrected chi connectivity index (χ3v) is 8.29. The molecule has 32 heavy (non-hydrogen) atoms. The molecule has 1 aliphatic rings. The first-order valence-corrected chi connectivity index (χ1v) is 12.4. The second-order valence-corrected chi connectivity index (χ2v) is 10.4. The quantitative estimate of drug-likeness (QED) is 0.276. The molecular formula is C23H20ClFN4O2Se. The van der Waals surface area contributed by atoms with Gasteiger partial charge in [0.25, 0.3) is 0 Å². The van der Waals surface area contributed by atoms with Crippen LogP contribution in [0.1, 0.15) is 11.8 Å². The summed E-state index contributed by atoms with van der Waals surface area (Å²) in [6.07, 6.45) is 0.492. The molecule has 4 atom stereocenters. The summed E-state index contributed by atoms with van der Waals surface area (Å²) < 4.78 is 30.6. The normalized spacial score (nSPS) is 23.1. The summed E-state index contributed by atoms with van der Waals surface area (Å²) in [6, 6.07) is 19.7. The van der Waals surface area contributed by atoms with Crippen LogP contribution in [0.3, 0.4) is 0 Å². The van der Waals surface area contributed by atoms with Gasteiger partial charge >= 0.3 is 196 Å². The number of ether oxygens (including phenoxy) is 2. The van der Waals surface area contributed by atoms with Crippen molar-refractivity contribution in [1.29, 1.82) is 0 Å². The Kier molecular flexibility index (Phi) is 6.48. The van der Waals surface area contributed by atoms with E-state index in [4.69, 9.17) is 21.1 Å². The van der Waals surface area contributed by atoms with Crippen molar-refractivity contribution < 1.29 is 13.9 Å². The van der Waals surface area contributed by atoms with Crippen LogP contribution in [0.15, 0.2) is 73.3 Å². The van der Waals surface area contributed by atoms with E-state index in [1.165, 1.54) is 6.33 Å². The van der Waals surface area contributed by atoms with E-state index in [2.05, 4.69) is 15.0 Å². The van der Waals surface area contributed by atoms with Crippen LogP contribution >= 0.6 is 11.6 Å². The first-order valence-electron chi connectivity index (χ1n) is 10.2. The first-order chi connectivity index (χ1) is 15.7. The number of nitrogens with zero attached hydrogens (tertiary/aromatic N) is 4. The van der Waals surface area contributed by atoms with Crippen LogP contribution in [0.2, 0.25) is 9.97 Å².